The van der Waals surface area contributed by atoms with Crippen molar-refractivity contribution in [1.82, 2.24) is 5.32 Å². The Bertz CT molecular complexity index is 553. The molecule has 0 spiro atoms. The van der Waals surface area contributed by atoms with Gasteiger partial charge in [0.25, 0.3) is 0 Å². The summed E-state index contributed by atoms with van der Waals surface area (Å²) in [5, 5.41) is 3.42. The number of hydrogen-bond donors (Lipinski definition) is 1. The van der Waals surface area contributed by atoms with Gasteiger partial charge in [0.05, 0.1) is 11.4 Å². The van der Waals surface area contributed by atoms with Crippen LogP contribution in [0, 0.1) is 6.92 Å². The van der Waals surface area contributed by atoms with Crippen molar-refractivity contribution < 1.29 is 8.42 Å². The quantitative estimate of drug-likeness (QED) is 0.713. The lowest BCUT2D eigenvalue weighted by Gasteiger charge is -2.23. The van der Waals surface area contributed by atoms with Gasteiger partial charge in [-0.05, 0) is 63.8 Å². The lowest BCUT2D eigenvalue weighted by Crippen LogP contribution is -2.33. The first kappa shape index (κ1) is 16.3. The minimum Gasteiger partial charge on any atom is -0.314 e. The van der Waals surface area contributed by atoms with Crippen molar-refractivity contribution in [3.63, 3.8) is 0 Å². The first-order valence-corrected chi connectivity index (χ1v) is 9.44. The summed E-state index contributed by atoms with van der Waals surface area (Å²) in [6.45, 7) is 5.27. The van der Waals surface area contributed by atoms with Crippen molar-refractivity contribution in [1.29, 1.82) is 0 Å². The zero-order valence-corrected chi connectivity index (χ0v) is 13.8. The Morgan fingerprint density at radius 3 is 2.67 bits per heavy atom. The predicted molar refractivity (Wildman–Crippen MR) is 88.2 cm³/mol. The fourth-order valence-electron chi connectivity index (χ4n) is 2.44. The number of nitrogens with zero attached hydrogens (tertiary/aromatic N) is 1. The lowest BCUT2D eigenvalue weighted by atomic mass is 10.2. The number of sulfonamides is 1. The molecule has 1 aliphatic rings. The fourth-order valence-corrected chi connectivity index (χ4v) is 4.05. The molecule has 5 heteroatoms. The number of anilines is 1. The van der Waals surface area contributed by atoms with Crippen LogP contribution in [0.15, 0.2) is 24.3 Å². The molecule has 0 bridgehead atoms. The first-order chi connectivity index (χ1) is 10.0. The maximum atomic E-state index is 12.5. The molecule has 1 fully saturated rings. The smallest absolute Gasteiger partial charge is 0.235 e. The molecule has 1 aliphatic carbocycles. The highest BCUT2D eigenvalue weighted by Crippen LogP contribution is 2.20. The van der Waals surface area contributed by atoms with Crippen molar-refractivity contribution in [2.45, 2.75) is 45.6 Å². The Morgan fingerprint density at radius 2 is 2.05 bits per heavy atom. The van der Waals surface area contributed by atoms with Crippen molar-refractivity contribution in [3.8, 4) is 0 Å². The molecule has 0 saturated heterocycles. The van der Waals surface area contributed by atoms with Gasteiger partial charge in [-0.2, -0.15) is 0 Å². The first-order valence-electron chi connectivity index (χ1n) is 7.83. The molecule has 0 heterocycles. The van der Waals surface area contributed by atoms with E-state index in [0.29, 0.717) is 19.0 Å². The van der Waals surface area contributed by atoms with Gasteiger partial charge in [0.1, 0.15) is 0 Å². The molecular weight excluding hydrogens is 284 g/mol. The van der Waals surface area contributed by atoms with Crippen LogP contribution in [0.3, 0.4) is 0 Å². The van der Waals surface area contributed by atoms with Crippen LogP contribution >= 0.6 is 0 Å². The molecule has 0 unspecified atom stereocenters. The van der Waals surface area contributed by atoms with Crippen LogP contribution in [0.4, 0.5) is 5.69 Å². The largest absolute Gasteiger partial charge is 0.314 e. The standard InChI is InChI=1S/C16H26N2O2S/c1-3-18(16-8-6-7-14(2)13-16)21(19,20)12-5-4-11-17-15-9-10-15/h6-8,13,15,17H,3-5,9-12H2,1-2H3. The lowest BCUT2D eigenvalue weighted by molar-refractivity contribution is 0.582. The Balaban J connectivity index is 1.88. The zero-order chi connectivity index (χ0) is 15.3. The van der Waals surface area contributed by atoms with E-state index >= 15 is 0 Å². The summed E-state index contributed by atoms with van der Waals surface area (Å²) >= 11 is 0. The number of aryl methyl sites for hydroxylation is 1. The van der Waals surface area contributed by atoms with Gasteiger partial charge in [0, 0.05) is 12.6 Å². The van der Waals surface area contributed by atoms with Crippen molar-refractivity contribution in [2.24, 2.45) is 0 Å². The monoisotopic (exact) mass is 310 g/mol. The van der Waals surface area contributed by atoms with Crippen LogP contribution in [0.2, 0.25) is 0 Å². The summed E-state index contributed by atoms with van der Waals surface area (Å²) < 4.78 is 26.5. The zero-order valence-electron chi connectivity index (χ0n) is 13.0. The minimum atomic E-state index is -3.22. The van der Waals surface area contributed by atoms with Gasteiger partial charge in [-0.3, -0.25) is 4.31 Å². The number of nitrogens with one attached hydrogen (secondary N) is 1. The summed E-state index contributed by atoms with van der Waals surface area (Å²) in [5.74, 6) is 0.223. The van der Waals surface area contributed by atoms with Gasteiger partial charge in [-0.25, -0.2) is 8.42 Å². The summed E-state index contributed by atoms with van der Waals surface area (Å²) in [5.41, 5.74) is 1.85. The van der Waals surface area contributed by atoms with Crippen LogP contribution in [0.25, 0.3) is 0 Å². The second-order valence-electron chi connectivity index (χ2n) is 5.76. The van der Waals surface area contributed by atoms with Crippen LogP contribution in [0.5, 0.6) is 0 Å². The second-order valence-corrected chi connectivity index (χ2v) is 7.77. The van der Waals surface area contributed by atoms with E-state index in [1.807, 2.05) is 38.1 Å². The molecule has 1 aromatic carbocycles. The predicted octanol–water partition coefficient (Wildman–Crippen LogP) is 2.68. The van der Waals surface area contributed by atoms with E-state index < -0.39 is 10.0 Å². The summed E-state index contributed by atoms with van der Waals surface area (Å²) in [7, 11) is -3.22. The third kappa shape index (κ3) is 5.00. The van der Waals surface area contributed by atoms with Gasteiger partial charge >= 0.3 is 0 Å². The van der Waals surface area contributed by atoms with Gasteiger partial charge < -0.3 is 5.32 Å². The van der Waals surface area contributed by atoms with E-state index in [0.717, 1.165) is 24.2 Å². The third-order valence-corrected chi connectivity index (χ3v) is 5.70. The van der Waals surface area contributed by atoms with Crippen molar-refractivity contribution in [3.05, 3.63) is 29.8 Å². The second kappa shape index (κ2) is 7.27. The van der Waals surface area contributed by atoms with Crippen molar-refractivity contribution >= 4 is 15.7 Å². The maximum Gasteiger partial charge on any atom is 0.235 e. The molecule has 4 nitrogen and oxygen atoms in total. The molecular formula is C16H26N2O2S. The number of benzene rings is 1. The molecule has 0 aliphatic heterocycles. The normalized spacial score (nSPS) is 15.1. The average Bonchev–Trinajstić information content (AvgIpc) is 3.23. The highest BCUT2D eigenvalue weighted by molar-refractivity contribution is 7.92. The highest BCUT2D eigenvalue weighted by Gasteiger charge is 2.22. The van der Waals surface area contributed by atoms with Crippen LogP contribution < -0.4 is 9.62 Å². The highest BCUT2D eigenvalue weighted by atomic mass is 32.2. The number of hydrogen-bond acceptors (Lipinski definition) is 3. The Morgan fingerprint density at radius 1 is 1.29 bits per heavy atom. The summed E-state index contributed by atoms with van der Waals surface area (Å²) in [6.07, 6.45) is 4.18. The minimum absolute atomic E-state index is 0.223. The molecule has 1 aromatic rings. The number of rotatable bonds is 9. The Kier molecular flexibility index (Phi) is 5.65. The van der Waals surface area contributed by atoms with Gasteiger partial charge in [0.15, 0.2) is 0 Å². The van der Waals surface area contributed by atoms with E-state index in [1.165, 1.54) is 17.1 Å². The Labute approximate surface area is 128 Å². The molecule has 0 aromatic heterocycles. The van der Waals surface area contributed by atoms with E-state index in [1.54, 1.807) is 0 Å². The molecule has 0 atom stereocenters. The molecule has 1 N–H and O–H groups in total. The number of unbranched alkanes of at least 4 members (excludes halogenated alkanes) is 1. The maximum absolute atomic E-state index is 12.5. The van der Waals surface area contributed by atoms with Crippen LogP contribution in [-0.4, -0.2) is 33.3 Å². The van der Waals surface area contributed by atoms with Crippen LogP contribution in [-0.2, 0) is 10.0 Å². The Hall–Kier alpha value is -1.07. The van der Waals surface area contributed by atoms with Crippen molar-refractivity contribution in [2.75, 3.05) is 23.1 Å². The third-order valence-electron chi connectivity index (χ3n) is 3.75. The molecule has 1 saturated carbocycles. The molecule has 2 rings (SSSR count). The van der Waals surface area contributed by atoms with Gasteiger partial charge in [-0.1, -0.05) is 12.1 Å². The molecule has 21 heavy (non-hydrogen) atoms. The van der Waals surface area contributed by atoms with E-state index in [4.69, 9.17) is 0 Å². The SMILES string of the molecule is CCN(c1cccc(C)c1)S(=O)(=O)CCCCNC1CC1. The van der Waals surface area contributed by atoms with E-state index in [9.17, 15) is 8.42 Å². The van der Waals surface area contributed by atoms with Crippen LogP contribution in [0.1, 0.15) is 38.2 Å². The van der Waals surface area contributed by atoms with E-state index in [-0.39, 0.29) is 5.75 Å². The average molecular weight is 310 g/mol. The summed E-state index contributed by atoms with van der Waals surface area (Å²) in [6, 6.07) is 8.37. The summed E-state index contributed by atoms with van der Waals surface area (Å²) in [4.78, 5) is 0. The van der Waals surface area contributed by atoms with Gasteiger partial charge in [-0.15, -0.1) is 0 Å². The van der Waals surface area contributed by atoms with E-state index in [2.05, 4.69) is 5.32 Å². The molecule has 118 valence electrons. The molecule has 0 amide bonds. The van der Waals surface area contributed by atoms with Gasteiger partial charge in [0.2, 0.25) is 10.0 Å². The molecule has 0 radical (unpaired) electrons. The fraction of sp³-hybridized carbons (Fsp3) is 0.625. The topological polar surface area (TPSA) is 49.4 Å².